The second kappa shape index (κ2) is 9.01. The number of benzene rings is 3. The predicted octanol–water partition coefficient (Wildman–Crippen LogP) is 4.68. The molecule has 37 heavy (non-hydrogen) atoms. The van der Waals surface area contributed by atoms with E-state index >= 15 is 0 Å². The van der Waals surface area contributed by atoms with E-state index in [-0.39, 0.29) is 31.6 Å². The monoisotopic (exact) mass is 513 g/mol. The number of hydrogen-bond donors (Lipinski definition) is 0. The van der Waals surface area contributed by atoms with Gasteiger partial charge in [0.25, 0.3) is 5.91 Å². The Morgan fingerprint density at radius 3 is 2.62 bits per heavy atom. The molecule has 1 unspecified atom stereocenters. The first-order valence-electron chi connectivity index (χ1n) is 11.9. The Bertz CT molecular complexity index is 1560. The van der Waals surface area contributed by atoms with Crippen LogP contribution in [0, 0.1) is 6.92 Å². The number of aryl methyl sites for hydroxylation is 1. The maximum Gasteiger partial charge on any atom is 0.257 e. The van der Waals surface area contributed by atoms with Gasteiger partial charge in [-0.3, -0.25) is 14.4 Å². The predicted molar refractivity (Wildman–Crippen MR) is 139 cm³/mol. The van der Waals surface area contributed by atoms with Crippen molar-refractivity contribution in [2.45, 2.75) is 32.9 Å². The highest BCUT2D eigenvalue weighted by atomic mass is 32.1. The number of imide groups is 1. The van der Waals surface area contributed by atoms with Crippen molar-refractivity contribution in [2.24, 2.45) is 0 Å². The topological polar surface area (TPSA) is 89.0 Å². The minimum atomic E-state index is -0.873. The molecule has 3 aromatic carbocycles. The Morgan fingerprint density at radius 2 is 1.84 bits per heavy atom. The molecule has 8 nitrogen and oxygen atoms in total. The van der Waals surface area contributed by atoms with Gasteiger partial charge in [-0.2, -0.15) is 0 Å². The average molecular weight is 514 g/mol. The Labute approximate surface area is 217 Å². The summed E-state index contributed by atoms with van der Waals surface area (Å²) < 4.78 is 11.9. The van der Waals surface area contributed by atoms with E-state index in [0.717, 1.165) is 26.4 Å². The van der Waals surface area contributed by atoms with Gasteiger partial charge in [0.05, 0.1) is 22.3 Å². The first-order chi connectivity index (χ1) is 17.9. The van der Waals surface area contributed by atoms with Crippen molar-refractivity contribution in [3.05, 3.63) is 71.8 Å². The van der Waals surface area contributed by atoms with Crippen LogP contribution in [0.2, 0.25) is 0 Å². The molecule has 3 heterocycles. The number of fused-ring (bicyclic) bond motifs is 2. The smallest absolute Gasteiger partial charge is 0.257 e. The third-order valence-corrected chi connectivity index (χ3v) is 7.68. The number of aromatic nitrogens is 1. The molecular weight excluding hydrogens is 490 g/mol. The van der Waals surface area contributed by atoms with Crippen molar-refractivity contribution in [3.63, 3.8) is 0 Å². The summed E-state index contributed by atoms with van der Waals surface area (Å²) in [6.45, 7) is 3.78. The van der Waals surface area contributed by atoms with E-state index in [1.54, 1.807) is 35.6 Å². The zero-order valence-electron chi connectivity index (χ0n) is 20.3. The molecule has 2 aliphatic rings. The largest absolute Gasteiger partial charge is 0.454 e. The second-order valence-electron chi connectivity index (χ2n) is 9.16. The van der Waals surface area contributed by atoms with Gasteiger partial charge in [0, 0.05) is 19.0 Å². The fraction of sp³-hybridized carbons (Fsp3) is 0.214. The zero-order valence-corrected chi connectivity index (χ0v) is 21.1. The van der Waals surface area contributed by atoms with Crippen LogP contribution in [-0.4, -0.2) is 40.4 Å². The highest BCUT2D eigenvalue weighted by Crippen LogP contribution is 2.35. The Kier molecular flexibility index (Phi) is 5.64. The van der Waals surface area contributed by atoms with Crippen molar-refractivity contribution in [1.82, 2.24) is 9.88 Å². The van der Waals surface area contributed by atoms with Crippen LogP contribution < -0.4 is 14.4 Å². The van der Waals surface area contributed by atoms with E-state index in [1.165, 1.54) is 22.3 Å². The normalized spacial score (nSPS) is 16.6. The number of ether oxygens (including phenoxy) is 2. The van der Waals surface area contributed by atoms with Crippen LogP contribution >= 0.6 is 11.3 Å². The summed E-state index contributed by atoms with van der Waals surface area (Å²) in [7, 11) is 0. The molecule has 1 fully saturated rings. The zero-order chi connectivity index (χ0) is 25.7. The minimum Gasteiger partial charge on any atom is -0.454 e. The SMILES string of the molecule is CC(=O)N(Cc1ccc2c(c1)OCO2)C1CC(=O)N(c2ccc(-c3nc4ccc(C)cc4s3)cc2)C1=O. The molecule has 3 amide bonds. The third kappa shape index (κ3) is 4.21. The number of hydrogen-bond acceptors (Lipinski definition) is 7. The Balaban J connectivity index is 1.23. The second-order valence-corrected chi connectivity index (χ2v) is 10.2. The van der Waals surface area contributed by atoms with Crippen LogP contribution in [0.1, 0.15) is 24.5 Å². The fourth-order valence-electron chi connectivity index (χ4n) is 4.72. The van der Waals surface area contributed by atoms with Gasteiger partial charge in [-0.05, 0) is 66.6 Å². The van der Waals surface area contributed by atoms with Crippen molar-refractivity contribution in [2.75, 3.05) is 11.7 Å². The van der Waals surface area contributed by atoms with Crippen molar-refractivity contribution in [1.29, 1.82) is 0 Å². The molecule has 9 heteroatoms. The molecular formula is C28H23N3O5S. The minimum absolute atomic E-state index is 0.0675. The van der Waals surface area contributed by atoms with Crippen molar-refractivity contribution < 1.29 is 23.9 Å². The molecule has 2 aliphatic heterocycles. The van der Waals surface area contributed by atoms with Gasteiger partial charge in [0.2, 0.25) is 18.6 Å². The number of carbonyl (C=O) groups excluding carboxylic acids is 3. The van der Waals surface area contributed by atoms with Crippen LogP contribution in [0.5, 0.6) is 11.5 Å². The highest BCUT2D eigenvalue weighted by molar-refractivity contribution is 7.21. The van der Waals surface area contributed by atoms with E-state index in [4.69, 9.17) is 14.5 Å². The molecule has 4 aromatic rings. The van der Waals surface area contributed by atoms with Crippen molar-refractivity contribution >= 4 is 45.0 Å². The maximum atomic E-state index is 13.4. The standard InChI is InChI=1S/C28H23N3O5S/c1-16-3-9-21-25(11-16)37-27(29-21)19-5-7-20(8-6-19)31-26(33)13-22(28(31)34)30(17(2)32)14-18-4-10-23-24(12-18)36-15-35-23/h3-12,22H,13-15H2,1-2H3. The maximum absolute atomic E-state index is 13.4. The lowest BCUT2D eigenvalue weighted by atomic mass is 10.1. The van der Waals surface area contributed by atoms with Crippen LogP contribution in [0.4, 0.5) is 5.69 Å². The van der Waals surface area contributed by atoms with E-state index in [2.05, 4.69) is 6.07 Å². The fourth-order valence-corrected chi connectivity index (χ4v) is 5.79. The Hall–Kier alpha value is -4.24. The van der Waals surface area contributed by atoms with Crippen LogP contribution in [0.25, 0.3) is 20.8 Å². The van der Waals surface area contributed by atoms with Crippen LogP contribution in [0.15, 0.2) is 60.7 Å². The van der Waals surface area contributed by atoms with Gasteiger partial charge < -0.3 is 14.4 Å². The van der Waals surface area contributed by atoms with E-state index < -0.39 is 11.9 Å². The van der Waals surface area contributed by atoms with Crippen molar-refractivity contribution in [3.8, 4) is 22.1 Å². The van der Waals surface area contributed by atoms with Gasteiger partial charge >= 0.3 is 0 Å². The average Bonchev–Trinajstić information content (AvgIpc) is 3.59. The quantitative estimate of drug-likeness (QED) is 0.360. The molecule has 1 atom stereocenters. The first-order valence-corrected chi connectivity index (χ1v) is 12.7. The van der Waals surface area contributed by atoms with Gasteiger partial charge in [-0.15, -0.1) is 11.3 Å². The molecule has 1 aromatic heterocycles. The lowest BCUT2D eigenvalue weighted by molar-refractivity contribution is -0.137. The number of rotatable bonds is 5. The molecule has 0 bridgehead atoms. The molecule has 0 spiro atoms. The molecule has 1 saturated heterocycles. The van der Waals surface area contributed by atoms with Gasteiger partial charge in [0.15, 0.2) is 11.5 Å². The van der Waals surface area contributed by atoms with E-state index in [0.29, 0.717) is 17.2 Å². The third-order valence-electron chi connectivity index (χ3n) is 6.61. The summed E-state index contributed by atoms with van der Waals surface area (Å²) in [5, 5.41) is 0.871. The number of nitrogens with zero attached hydrogens (tertiary/aromatic N) is 3. The van der Waals surface area contributed by atoms with Crippen LogP contribution in [-0.2, 0) is 20.9 Å². The van der Waals surface area contributed by atoms with Gasteiger partial charge in [-0.1, -0.05) is 12.1 Å². The number of amides is 3. The van der Waals surface area contributed by atoms with Crippen LogP contribution in [0.3, 0.4) is 0 Å². The van der Waals surface area contributed by atoms with Gasteiger partial charge in [-0.25, -0.2) is 9.88 Å². The molecule has 0 saturated carbocycles. The molecule has 0 aliphatic carbocycles. The first kappa shape index (κ1) is 23.2. The highest BCUT2D eigenvalue weighted by Gasteiger charge is 2.43. The van der Waals surface area contributed by atoms with E-state index in [1.807, 2.05) is 37.3 Å². The molecule has 0 N–H and O–H groups in total. The summed E-state index contributed by atoms with van der Waals surface area (Å²) in [5.74, 6) is 0.201. The molecule has 0 radical (unpaired) electrons. The summed E-state index contributed by atoms with van der Waals surface area (Å²) >= 11 is 1.60. The van der Waals surface area contributed by atoms with E-state index in [9.17, 15) is 14.4 Å². The summed E-state index contributed by atoms with van der Waals surface area (Å²) in [5.41, 5.74) is 4.29. The number of thiazole rings is 1. The Morgan fingerprint density at radius 1 is 1.05 bits per heavy atom. The lowest BCUT2D eigenvalue weighted by Gasteiger charge is -2.26. The number of carbonyl (C=O) groups is 3. The molecule has 6 rings (SSSR count). The summed E-state index contributed by atoms with van der Waals surface area (Å²) in [4.78, 5) is 46.2. The summed E-state index contributed by atoms with van der Waals surface area (Å²) in [6, 6.07) is 17.9. The summed E-state index contributed by atoms with van der Waals surface area (Å²) in [6.07, 6.45) is -0.0675. The van der Waals surface area contributed by atoms with Gasteiger partial charge in [0.1, 0.15) is 11.0 Å². The number of anilines is 1. The molecule has 186 valence electrons. The lowest BCUT2D eigenvalue weighted by Crippen LogP contribution is -2.44.